The molecule has 1 aromatic rings. The summed E-state index contributed by atoms with van der Waals surface area (Å²) < 4.78 is 5.06. The molecule has 68 valence electrons. The van der Waals surface area contributed by atoms with Crippen LogP contribution < -0.4 is 0 Å². The first kappa shape index (κ1) is 9.95. The number of thioether (sulfide) groups is 1. The van der Waals surface area contributed by atoms with Gasteiger partial charge < -0.3 is 5.11 Å². The third-order valence-corrected chi connectivity index (χ3v) is 3.57. The molecule has 12 heavy (non-hydrogen) atoms. The lowest BCUT2D eigenvalue weighted by Crippen LogP contribution is -2.02. The minimum atomic E-state index is 0.241. The van der Waals surface area contributed by atoms with Crippen molar-refractivity contribution in [1.29, 1.82) is 0 Å². The van der Waals surface area contributed by atoms with Crippen LogP contribution in [-0.4, -0.2) is 26.8 Å². The van der Waals surface area contributed by atoms with Crippen LogP contribution in [-0.2, 0) is 0 Å². The minimum absolute atomic E-state index is 0.241. The molecule has 0 bridgehead atoms. The zero-order valence-electron chi connectivity index (χ0n) is 7.15. The summed E-state index contributed by atoms with van der Waals surface area (Å²) >= 11 is 3.08. The van der Waals surface area contributed by atoms with Gasteiger partial charge >= 0.3 is 0 Å². The van der Waals surface area contributed by atoms with Crippen molar-refractivity contribution in [3.63, 3.8) is 0 Å². The van der Waals surface area contributed by atoms with Gasteiger partial charge in [0.2, 0.25) is 0 Å². The van der Waals surface area contributed by atoms with Crippen molar-refractivity contribution >= 4 is 23.3 Å². The molecule has 1 unspecified atom stereocenters. The largest absolute Gasteiger partial charge is 0.396 e. The lowest BCUT2D eigenvalue weighted by Gasteiger charge is -2.03. The monoisotopic (exact) mass is 204 g/mol. The lowest BCUT2D eigenvalue weighted by atomic mass is 10.2. The van der Waals surface area contributed by atoms with Gasteiger partial charge in [-0.1, -0.05) is 18.7 Å². The van der Waals surface area contributed by atoms with Crippen LogP contribution in [0.5, 0.6) is 0 Å². The van der Waals surface area contributed by atoms with Crippen LogP contribution in [0.25, 0.3) is 0 Å². The van der Waals surface area contributed by atoms with Gasteiger partial charge in [0.05, 0.1) is 0 Å². The summed E-state index contributed by atoms with van der Waals surface area (Å²) in [6, 6.07) is 0. The van der Waals surface area contributed by atoms with Crippen molar-refractivity contribution in [3.05, 3.63) is 5.82 Å². The average Bonchev–Trinajstić information content (AvgIpc) is 2.47. The Morgan fingerprint density at radius 1 is 1.67 bits per heavy atom. The summed E-state index contributed by atoms with van der Waals surface area (Å²) in [6.07, 6.45) is 0. The zero-order valence-corrected chi connectivity index (χ0v) is 8.78. The highest BCUT2D eigenvalue weighted by molar-refractivity contribution is 8.00. The van der Waals surface area contributed by atoms with Gasteiger partial charge in [0.25, 0.3) is 0 Å². The Bertz CT molecular complexity index is 239. The Kier molecular flexibility index (Phi) is 3.97. The van der Waals surface area contributed by atoms with E-state index in [0.29, 0.717) is 5.92 Å². The molecule has 0 saturated heterocycles. The number of rotatable bonds is 4. The van der Waals surface area contributed by atoms with Gasteiger partial charge in [-0.15, -0.1) is 0 Å². The molecule has 0 aliphatic heterocycles. The maximum atomic E-state index is 8.77. The summed E-state index contributed by atoms with van der Waals surface area (Å²) in [5, 5.41) is 8.77. The van der Waals surface area contributed by atoms with E-state index in [-0.39, 0.29) is 6.61 Å². The van der Waals surface area contributed by atoms with E-state index in [1.165, 1.54) is 11.5 Å². The molecular weight excluding hydrogens is 192 g/mol. The molecule has 1 aromatic heterocycles. The Morgan fingerprint density at radius 2 is 2.42 bits per heavy atom. The van der Waals surface area contributed by atoms with Gasteiger partial charge in [0, 0.05) is 12.4 Å². The standard InChI is InChI=1S/C7H12N2OS2/c1-5(3-10)4-11-7-8-6(2)9-12-7/h5,10H,3-4H2,1-2H3. The van der Waals surface area contributed by atoms with Crippen LogP contribution in [0.15, 0.2) is 4.34 Å². The van der Waals surface area contributed by atoms with Gasteiger partial charge in [-0.05, 0) is 24.4 Å². The second-order valence-corrected chi connectivity index (χ2v) is 4.73. The van der Waals surface area contributed by atoms with Crippen molar-refractivity contribution in [2.24, 2.45) is 5.92 Å². The fourth-order valence-electron chi connectivity index (χ4n) is 0.603. The smallest absolute Gasteiger partial charge is 0.170 e. The molecule has 1 N–H and O–H groups in total. The summed E-state index contributed by atoms with van der Waals surface area (Å²) in [7, 11) is 0. The highest BCUT2D eigenvalue weighted by atomic mass is 32.2. The Hall–Kier alpha value is -0.130. The van der Waals surface area contributed by atoms with Gasteiger partial charge in [0.1, 0.15) is 5.82 Å². The summed E-state index contributed by atoms with van der Waals surface area (Å²) in [5.74, 6) is 2.07. The van der Waals surface area contributed by atoms with E-state index >= 15 is 0 Å². The second-order valence-electron chi connectivity index (χ2n) is 2.71. The predicted octanol–water partition coefficient (Wildman–Crippen LogP) is 1.57. The van der Waals surface area contributed by atoms with Gasteiger partial charge in [-0.3, -0.25) is 0 Å². The number of aromatic nitrogens is 2. The minimum Gasteiger partial charge on any atom is -0.396 e. The van der Waals surface area contributed by atoms with Crippen LogP contribution in [0.2, 0.25) is 0 Å². The molecule has 1 heterocycles. The number of nitrogens with zero attached hydrogens (tertiary/aromatic N) is 2. The highest BCUT2D eigenvalue weighted by Gasteiger charge is 2.04. The summed E-state index contributed by atoms with van der Waals surface area (Å²) in [6.45, 7) is 4.14. The lowest BCUT2D eigenvalue weighted by molar-refractivity contribution is 0.250. The topological polar surface area (TPSA) is 46.0 Å². The number of aliphatic hydroxyl groups excluding tert-OH is 1. The van der Waals surface area contributed by atoms with Gasteiger partial charge in [0.15, 0.2) is 4.34 Å². The van der Waals surface area contributed by atoms with Crippen LogP contribution in [0.1, 0.15) is 12.7 Å². The number of hydrogen-bond acceptors (Lipinski definition) is 5. The molecule has 0 amide bonds. The molecule has 0 radical (unpaired) electrons. The maximum Gasteiger partial charge on any atom is 0.170 e. The number of aryl methyl sites for hydroxylation is 1. The van der Waals surface area contributed by atoms with E-state index < -0.39 is 0 Å². The summed E-state index contributed by atoms with van der Waals surface area (Å²) in [4.78, 5) is 4.21. The fraction of sp³-hybridized carbons (Fsp3) is 0.714. The SMILES string of the molecule is Cc1nsc(SCC(C)CO)n1. The van der Waals surface area contributed by atoms with E-state index in [1.54, 1.807) is 11.8 Å². The summed E-state index contributed by atoms with van der Waals surface area (Å²) in [5.41, 5.74) is 0. The third-order valence-electron chi connectivity index (χ3n) is 1.31. The van der Waals surface area contributed by atoms with E-state index in [1.807, 2.05) is 13.8 Å². The van der Waals surface area contributed by atoms with E-state index in [9.17, 15) is 0 Å². The van der Waals surface area contributed by atoms with Crippen molar-refractivity contribution < 1.29 is 5.11 Å². The van der Waals surface area contributed by atoms with Crippen LogP contribution >= 0.6 is 23.3 Å². The second kappa shape index (κ2) is 4.79. The molecule has 1 rings (SSSR count). The first-order valence-corrected chi connectivity index (χ1v) is 5.52. The molecule has 0 fully saturated rings. The molecule has 5 heteroatoms. The normalized spacial score (nSPS) is 13.2. The van der Waals surface area contributed by atoms with Gasteiger partial charge in [-0.25, -0.2) is 4.98 Å². The molecule has 0 aliphatic carbocycles. The van der Waals surface area contributed by atoms with Crippen LogP contribution in [0.3, 0.4) is 0 Å². The molecule has 0 spiro atoms. The Morgan fingerprint density at radius 3 is 2.92 bits per heavy atom. The van der Waals surface area contributed by atoms with Crippen LogP contribution in [0.4, 0.5) is 0 Å². The molecule has 3 nitrogen and oxygen atoms in total. The maximum absolute atomic E-state index is 8.77. The van der Waals surface area contributed by atoms with Crippen LogP contribution in [0, 0.1) is 12.8 Å². The van der Waals surface area contributed by atoms with E-state index in [2.05, 4.69) is 9.36 Å². The third kappa shape index (κ3) is 3.08. The van der Waals surface area contributed by atoms with Crippen molar-refractivity contribution in [3.8, 4) is 0 Å². The zero-order chi connectivity index (χ0) is 8.97. The first-order chi connectivity index (χ1) is 5.72. The Labute approximate surface area is 80.4 Å². The van der Waals surface area contributed by atoms with Gasteiger partial charge in [-0.2, -0.15) is 4.37 Å². The average molecular weight is 204 g/mol. The predicted molar refractivity (Wildman–Crippen MR) is 51.6 cm³/mol. The van der Waals surface area contributed by atoms with Crippen molar-refractivity contribution in [2.45, 2.75) is 18.2 Å². The van der Waals surface area contributed by atoms with Crippen molar-refractivity contribution in [2.75, 3.05) is 12.4 Å². The fourth-order valence-corrected chi connectivity index (χ4v) is 2.28. The van der Waals surface area contributed by atoms with E-state index in [0.717, 1.165) is 15.9 Å². The highest BCUT2D eigenvalue weighted by Crippen LogP contribution is 2.21. The quantitative estimate of drug-likeness (QED) is 0.756. The molecule has 0 aromatic carbocycles. The van der Waals surface area contributed by atoms with E-state index in [4.69, 9.17) is 5.11 Å². The van der Waals surface area contributed by atoms with Crippen molar-refractivity contribution in [1.82, 2.24) is 9.36 Å². The Balaban J connectivity index is 2.33. The number of hydrogen-bond donors (Lipinski definition) is 1. The molecule has 0 saturated carbocycles. The first-order valence-electron chi connectivity index (χ1n) is 3.76. The molecule has 0 aliphatic rings. The number of aliphatic hydroxyl groups is 1. The molecule has 1 atom stereocenters. The molecular formula is C7H12N2OS2.